The number of hydrogen-bond acceptors (Lipinski definition) is 4. The lowest BCUT2D eigenvalue weighted by Gasteiger charge is -2.28. The van der Waals surface area contributed by atoms with Crippen molar-refractivity contribution in [3.8, 4) is 0 Å². The summed E-state index contributed by atoms with van der Waals surface area (Å²) in [6, 6.07) is 5.25. The fraction of sp³-hybridized carbons (Fsp3) is 0.267. The minimum Gasteiger partial charge on any atom is -0.400 e. The summed E-state index contributed by atoms with van der Waals surface area (Å²) >= 11 is 13.4. The summed E-state index contributed by atoms with van der Waals surface area (Å²) < 4.78 is 0. The Balaban J connectivity index is 2.12. The van der Waals surface area contributed by atoms with E-state index in [1.54, 1.807) is 12.1 Å². The lowest BCUT2D eigenvalue weighted by atomic mass is 9.92. The maximum absolute atomic E-state index is 11.6. The molecular weight excluding hydrogens is 369 g/mol. The van der Waals surface area contributed by atoms with Gasteiger partial charge in [0.05, 0.1) is 32.0 Å². The zero-order valence-corrected chi connectivity index (χ0v) is 15.0. The largest absolute Gasteiger partial charge is 0.400 e. The number of thioether (sulfide) groups is 1. The Morgan fingerprint density at radius 2 is 2.17 bits per heavy atom. The Morgan fingerprint density at radius 3 is 2.79 bits per heavy atom. The van der Waals surface area contributed by atoms with Crippen LogP contribution in [0.5, 0.6) is 0 Å². The third-order valence-corrected chi connectivity index (χ3v) is 5.74. The summed E-state index contributed by atoms with van der Waals surface area (Å²) in [7, 11) is 0. The zero-order valence-electron chi connectivity index (χ0n) is 12.7. The van der Waals surface area contributed by atoms with Gasteiger partial charge < -0.3 is 16.8 Å². The van der Waals surface area contributed by atoms with Crippen LogP contribution in [0.1, 0.15) is 12.5 Å². The highest BCUT2D eigenvalue weighted by atomic mass is 35.5. The minimum absolute atomic E-state index is 0.195. The molecule has 1 aromatic rings. The number of nitrogens with one attached hydrogen (secondary N) is 1. The molecule has 0 saturated heterocycles. The highest BCUT2D eigenvalue weighted by Gasteiger charge is 2.43. The van der Waals surface area contributed by atoms with Crippen LogP contribution in [0.2, 0.25) is 10.0 Å². The van der Waals surface area contributed by atoms with Gasteiger partial charge in [-0.25, -0.2) is 4.99 Å². The number of carbonyl (C=O) groups is 1. The Kier molecular flexibility index (Phi) is 4.76. The number of guanidine groups is 1. The number of benzene rings is 1. The van der Waals surface area contributed by atoms with Crippen LogP contribution in [0.4, 0.5) is 0 Å². The van der Waals surface area contributed by atoms with Crippen LogP contribution in [0.25, 0.3) is 0 Å². The van der Waals surface area contributed by atoms with E-state index in [0.29, 0.717) is 38.9 Å². The molecule has 1 aromatic carbocycles. The highest BCUT2D eigenvalue weighted by Crippen LogP contribution is 2.42. The van der Waals surface area contributed by atoms with E-state index in [-0.39, 0.29) is 11.3 Å². The van der Waals surface area contributed by atoms with Crippen LogP contribution in [0.15, 0.2) is 38.8 Å². The number of fused-ring (bicyclic) bond motifs is 1. The summed E-state index contributed by atoms with van der Waals surface area (Å²) in [5.74, 6) is -0.354. The Morgan fingerprint density at radius 1 is 1.42 bits per heavy atom. The van der Waals surface area contributed by atoms with Gasteiger partial charge in [-0.15, -0.1) is 0 Å². The van der Waals surface area contributed by atoms with E-state index < -0.39 is 5.91 Å². The Labute approximate surface area is 153 Å². The number of primary amides is 1. The molecule has 0 radical (unpaired) electrons. The lowest BCUT2D eigenvalue weighted by molar-refractivity contribution is -0.113. The molecule has 6 nitrogen and oxygen atoms in total. The number of aliphatic imine (C=N–C) groups is 2. The second-order valence-corrected chi connectivity index (χ2v) is 7.20. The molecule has 0 saturated carbocycles. The van der Waals surface area contributed by atoms with Gasteiger partial charge in [0.2, 0.25) is 5.96 Å². The third-order valence-electron chi connectivity index (χ3n) is 3.68. The predicted molar refractivity (Wildman–Crippen MR) is 99.4 cm³/mol. The van der Waals surface area contributed by atoms with Gasteiger partial charge >= 0.3 is 0 Å². The molecule has 0 bridgehead atoms. The van der Waals surface area contributed by atoms with Gasteiger partial charge in [-0.05, 0) is 24.6 Å². The SMILES string of the molecule is CCN=C1N=C(c2ccc(Cl)c(Cl)c2)C2C(N)=C(C(N)=O)SC2N1. The van der Waals surface area contributed by atoms with Gasteiger partial charge in [0, 0.05) is 12.2 Å². The molecule has 2 aliphatic heterocycles. The normalized spacial score (nSPS) is 24.6. The third kappa shape index (κ3) is 2.99. The first-order valence-corrected chi connectivity index (χ1v) is 8.87. The fourth-order valence-electron chi connectivity index (χ4n) is 2.64. The number of halogens is 2. The van der Waals surface area contributed by atoms with Crippen LogP contribution in [0, 0.1) is 5.92 Å². The smallest absolute Gasteiger partial charge is 0.256 e. The monoisotopic (exact) mass is 383 g/mol. The summed E-state index contributed by atoms with van der Waals surface area (Å²) in [6.07, 6.45) is 0. The molecule has 5 N–H and O–H groups in total. The zero-order chi connectivity index (χ0) is 17.4. The number of nitrogens with zero attached hydrogens (tertiary/aromatic N) is 2. The van der Waals surface area contributed by atoms with E-state index in [0.717, 1.165) is 5.56 Å². The van der Waals surface area contributed by atoms with E-state index >= 15 is 0 Å². The van der Waals surface area contributed by atoms with Crippen molar-refractivity contribution in [2.24, 2.45) is 27.4 Å². The van der Waals surface area contributed by atoms with Gasteiger partial charge in [0.25, 0.3) is 5.91 Å². The number of hydrogen-bond donors (Lipinski definition) is 3. The second kappa shape index (κ2) is 6.66. The van der Waals surface area contributed by atoms with E-state index in [1.165, 1.54) is 11.8 Å². The molecule has 9 heteroatoms. The van der Waals surface area contributed by atoms with Crippen LogP contribution < -0.4 is 16.8 Å². The first-order chi connectivity index (χ1) is 11.4. The molecule has 2 unspecified atom stereocenters. The van der Waals surface area contributed by atoms with Gasteiger partial charge in [0.1, 0.15) is 0 Å². The van der Waals surface area contributed by atoms with E-state index in [9.17, 15) is 4.79 Å². The van der Waals surface area contributed by atoms with Crippen molar-refractivity contribution in [1.82, 2.24) is 5.32 Å². The molecule has 0 aliphatic carbocycles. The van der Waals surface area contributed by atoms with E-state index in [4.69, 9.17) is 34.7 Å². The highest BCUT2D eigenvalue weighted by molar-refractivity contribution is 8.04. The van der Waals surface area contributed by atoms with Crippen LogP contribution >= 0.6 is 35.0 Å². The summed E-state index contributed by atoms with van der Waals surface area (Å²) in [5, 5.41) is 3.87. The number of nitrogens with two attached hydrogens (primary N) is 2. The number of carbonyl (C=O) groups excluding carboxylic acids is 1. The van der Waals surface area contributed by atoms with Crippen molar-refractivity contribution in [3.05, 3.63) is 44.4 Å². The van der Waals surface area contributed by atoms with Gasteiger partial charge in [-0.2, -0.15) is 0 Å². The summed E-state index contributed by atoms with van der Waals surface area (Å²) in [4.78, 5) is 20.9. The lowest BCUT2D eigenvalue weighted by Crippen LogP contribution is -2.45. The van der Waals surface area contributed by atoms with Crippen LogP contribution in [0.3, 0.4) is 0 Å². The van der Waals surface area contributed by atoms with Crippen molar-refractivity contribution in [2.75, 3.05) is 6.54 Å². The molecule has 1 amide bonds. The molecule has 2 heterocycles. The van der Waals surface area contributed by atoms with Crippen LogP contribution in [-0.2, 0) is 4.79 Å². The quantitative estimate of drug-likeness (QED) is 0.742. The Hall–Kier alpha value is -1.70. The van der Waals surface area contributed by atoms with Crippen molar-refractivity contribution < 1.29 is 4.79 Å². The molecule has 126 valence electrons. The number of amides is 1. The first-order valence-electron chi connectivity index (χ1n) is 7.23. The molecule has 2 atom stereocenters. The summed E-state index contributed by atoms with van der Waals surface area (Å²) in [5.41, 5.74) is 13.5. The topological polar surface area (TPSA) is 106 Å². The molecule has 0 fully saturated rings. The van der Waals surface area contributed by atoms with Crippen LogP contribution in [-0.4, -0.2) is 29.5 Å². The Bertz CT molecular complexity index is 805. The standard InChI is InChI=1S/C15H15Cl2N5OS/c1-2-20-15-21-11(6-3-4-7(16)8(17)5-6)9-10(18)12(13(19)23)24-14(9)22-15/h3-5,9,14H,2,18H2,1H3,(H2,19,23)(H,20,22). The minimum atomic E-state index is -0.545. The second-order valence-electron chi connectivity index (χ2n) is 5.23. The molecule has 0 spiro atoms. The maximum atomic E-state index is 11.6. The average Bonchev–Trinajstić information content (AvgIpc) is 2.87. The molecule has 24 heavy (non-hydrogen) atoms. The molecule has 2 aliphatic rings. The van der Waals surface area contributed by atoms with Gasteiger partial charge in [-0.1, -0.05) is 41.0 Å². The van der Waals surface area contributed by atoms with Crippen molar-refractivity contribution in [1.29, 1.82) is 0 Å². The molecule has 3 rings (SSSR count). The van der Waals surface area contributed by atoms with E-state index in [1.807, 2.05) is 13.0 Å². The van der Waals surface area contributed by atoms with Gasteiger partial charge in [-0.3, -0.25) is 9.79 Å². The van der Waals surface area contributed by atoms with Gasteiger partial charge in [0.15, 0.2) is 0 Å². The molecule has 0 aromatic heterocycles. The summed E-state index contributed by atoms with van der Waals surface area (Å²) in [6.45, 7) is 2.49. The molecular formula is C15H15Cl2N5OS. The maximum Gasteiger partial charge on any atom is 0.256 e. The van der Waals surface area contributed by atoms with Crippen molar-refractivity contribution >= 4 is 52.5 Å². The predicted octanol–water partition coefficient (Wildman–Crippen LogP) is 2.11. The fourth-order valence-corrected chi connectivity index (χ4v) is 4.15. The average molecular weight is 384 g/mol. The first kappa shape index (κ1) is 17.1. The van der Waals surface area contributed by atoms with Crippen molar-refractivity contribution in [2.45, 2.75) is 12.3 Å². The van der Waals surface area contributed by atoms with Crippen molar-refractivity contribution in [3.63, 3.8) is 0 Å². The number of rotatable bonds is 3. The van der Waals surface area contributed by atoms with E-state index in [2.05, 4.69) is 15.3 Å².